The van der Waals surface area contributed by atoms with Crippen molar-refractivity contribution in [3.63, 3.8) is 0 Å². The number of nitrogens with zero attached hydrogens (tertiary/aromatic N) is 2. The lowest BCUT2D eigenvalue weighted by molar-refractivity contribution is 0.590. The minimum Gasteiger partial charge on any atom is -0.367 e. The first-order chi connectivity index (χ1) is 9.25. The molecule has 0 amide bonds. The molecule has 100 valence electrons. The van der Waals surface area contributed by atoms with Crippen molar-refractivity contribution in [2.75, 3.05) is 31.1 Å². The van der Waals surface area contributed by atoms with Crippen LogP contribution >= 0.6 is 0 Å². The molecular weight excluding hydrogens is 234 g/mol. The number of piperazine rings is 1. The number of benzene rings is 1. The van der Waals surface area contributed by atoms with Gasteiger partial charge in [0.05, 0.1) is 11.2 Å². The topological polar surface area (TPSA) is 28.2 Å². The Morgan fingerprint density at radius 2 is 2.00 bits per heavy atom. The third kappa shape index (κ3) is 2.43. The smallest absolute Gasteiger partial charge is 0.0935 e. The van der Waals surface area contributed by atoms with Crippen molar-refractivity contribution in [3.05, 3.63) is 36.0 Å². The SMILES string of the molecule is CC(C)c1cc(N2CCNCC2)c2ncccc2c1. The molecule has 0 spiro atoms. The quantitative estimate of drug-likeness (QED) is 0.894. The first-order valence-corrected chi connectivity index (χ1v) is 7.10. The molecule has 1 aliphatic heterocycles. The molecule has 1 aliphatic rings. The summed E-state index contributed by atoms with van der Waals surface area (Å²) >= 11 is 0. The van der Waals surface area contributed by atoms with E-state index >= 15 is 0 Å². The molecule has 1 aromatic heterocycles. The Labute approximate surface area is 114 Å². The van der Waals surface area contributed by atoms with Crippen LogP contribution in [-0.2, 0) is 0 Å². The van der Waals surface area contributed by atoms with Crippen molar-refractivity contribution in [2.45, 2.75) is 19.8 Å². The zero-order valence-electron chi connectivity index (χ0n) is 11.7. The summed E-state index contributed by atoms with van der Waals surface area (Å²) < 4.78 is 0. The second-order valence-electron chi connectivity index (χ2n) is 5.51. The van der Waals surface area contributed by atoms with E-state index in [9.17, 15) is 0 Å². The largest absolute Gasteiger partial charge is 0.367 e. The molecule has 3 heteroatoms. The molecular formula is C16H21N3. The summed E-state index contributed by atoms with van der Waals surface area (Å²) in [5.74, 6) is 0.547. The molecule has 3 rings (SSSR count). The van der Waals surface area contributed by atoms with Gasteiger partial charge in [0, 0.05) is 37.8 Å². The molecule has 0 atom stereocenters. The number of anilines is 1. The van der Waals surface area contributed by atoms with Gasteiger partial charge in [-0.1, -0.05) is 19.9 Å². The molecule has 2 aromatic rings. The molecule has 0 saturated carbocycles. The lowest BCUT2D eigenvalue weighted by atomic mass is 9.99. The first kappa shape index (κ1) is 12.4. The normalized spacial score (nSPS) is 16.3. The maximum absolute atomic E-state index is 4.59. The molecule has 1 aromatic carbocycles. The first-order valence-electron chi connectivity index (χ1n) is 7.10. The summed E-state index contributed by atoms with van der Waals surface area (Å²) in [7, 11) is 0. The van der Waals surface area contributed by atoms with Crippen LogP contribution in [0.4, 0.5) is 5.69 Å². The van der Waals surface area contributed by atoms with Crippen LogP contribution in [0.3, 0.4) is 0 Å². The van der Waals surface area contributed by atoms with Gasteiger partial charge < -0.3 is 10.2 Å². The van der Waals surface area contributed by atoms with Gasteiger partial charge in [-0.25, -0.2) is 0 Å². The summed E-state index contributed by atoms with van der Waals surface area (Å²) in [4.78, 5) is 7.05. The van der Waals surface area contributed by atoms with Gasteiger partial charge in [-0.15, -0.1) is 0 Å². The van der Waals surface area contributed by atoms with Gasteiger partial charge in [-0.05, 0) is 29.7 Å². The van der Waals surface area contributed by atoms with Crippen LogP contribution in [0.25, 0.3) is 10.9 Å². The van der Waals surface area contributed by atoms with Crippen molar-refractivity contribution < 1.29 is 0 Å². The fourth-order valence-corrected chi connectivity index (χ4v) is 2.68. The molecule has 1 saturated heterocycles. The van der Waals surface area contributed by atoms with E-state index in [1.54, 1.807) is 0 Å². The number of hydrogen-bond acceptors (Lipinski definition) is 3. The van der Waals surface area contributed by atoms with E-state index in [1.165, 1.54) is 16.6 Å². The van der Waals surface area contributed by atoms with Gasteiger partial charge >= 0.3 is 0 Å². The lowest BCUT2D eigenvalue weighted by Crippen LogP contribution is -2.43. The van der Waals surface area contributed by atoms with E-state index < -0.39 is 0 Å². The molecule has 2 heterocycles. The van der Waals surface area contributed by atoms with Crippen molar-refractivity contribution in [1.29, 1.82) is 0 Å². The number of rotatable bonds is 2. The average molecular weight is 255 g/mol. The fraction of sp³-hybridized carbons (Fsp3) is 0.438. The molecule has 3 nitrogen and oxygen atoms in total. The summed E-state index contributed by atoms with van der Waals surface area (Å²) in [6, 6.07) is 8.79. The summed E-state index contributed by atoms with van der Waals surface area (Å²) in [5, 5.41) is 4.66. The van der Waals surface area contributed by atoms with Gasteiger partial charge in [0.15, 0.2) is 0 Å². The molecule has 0 aliphatic carbocycles. The highest BCUT2D eigenvalue weighted by Crippen LogP contribution is 2.30. The highest BCUT2D eigenvalue weighted by atomic mass is 15.2. The van der Waals surface area contributed by atoms with E-state index in [1.807, 2.05) is 12.3 Å². The van der Waals surface area contributed by atoms with Gasteiger partial charge in [0.1, 0.15) is 0 Å². The Balaban J connectivity index is 2.14. The molecule has 19 heavy (non-hydrogen) atoms. The van der Waals surface area contributed by atoms with Crippen molar-refractivity contribution in [1.82, 2.24) is 10.3 Å². The minimum atomic E-state index is 0.547. The fourth-order valence-electron chi connectivity index (χ4n) is 2.68. The molecule has 0 unspecified atom stereocenters. The molecule has 0 radical (unpaired) electrons. The van der Waals surface area contributed by atoms with Crippen LogP contribution in [-0.4, -0.2) is 31.2 Å². The second kappa shape index (κ2) is 5.17. The standard InChI is InChI=1S/C16H21N3/c1-12(2)14-10-13-4-3-5-18-16(13)15(11-14)19-8-6-17-7-9-19/h3-5,10-12,17H,6-9H2,1-2H3. The predicted molar refractivity (Wildman–Crippen MR) is 80.9 cm³/mol. The van der Waals surface area contributed by atoms with E-state index in [2.05, 4.69) is 47.2 Å². The maximum Gasteiger partial charge on any atom is 0.0935 e. The Hall–Kier alpha value is -1.61. The number of aromatic nitrogens is 1. The van der Waals surface area contributed by atoms with Crippen LogP contribution in [0.15, 0.2) is 30.5 Å². The lowest BCUT2D eigenvalue weighted by Gasteiger charge is -2.30. The van der Waals surface area contributed by atoms with Crippen molar-refractivity contribution >= 4 is 16.6 Å². The van der Waals surface area contributed by atoms with Crippen LogP contribution in [0.5, 0.6) is 0 Å². The van der Waals surface area contributed by atoms with Gasteiger partial charge in [-0.3, -0.25) is 4.98 Å². The van der Waals surface area contributed by atoms with Crippen LogP contribution in [0.1, 0.15) is 25.3 Å². The van der Waals surface area contributed by atoms with Crippen LogP contribution in [0.2, 0.25) is 0 Å². The van der Waals surface area contributed by atoms with Gasteiger partial charge in [-0.2, -0.15) is 0 Å². The van der Waals surface area contributed by atoms with E-state index in [-0.39, 0.29) is 0 Å². The highest BCUT2D eigenvalue weighted by molar-refractivity contribution is 5.91. The molecule has 0 bridgehead atoms. The van der Waals surface area contributed by atoms with E-state index in [0.29, 0.717) is 5.92 Å². The summed E-state index contributed by atoms with van der Waals surface area (Å²) in [6.07, 6.45) is 1.89. The van der Waals surface area contributed by atoms with Crippen LogP contribution < -0.4 is 10.2 Å². The Kier molecular flexibility index (Phi) is 3.38. The van der Waals surface area contributed by atoms with Crippen LogP contribution in [0, 0.1) is 0 Å². The maximum atomic E-state index is 4.59. The molecule has 1 fully saturated rings. The third-order valence-electron chi connectivity index (χ3n) is 3.83. The van der Waals surface area contributed by atoms with Crippen molar-refractivity contribution in [3.8, 4) is 0 Å². The number of fused-ring (bicyclic) bond motifs is 1. The highest BCUT2D eigenvalue weighted by Gasteiger charge is 2.15. The van der Waals surface area contributed by atoms with Gasteiger partial charge in [0.2, 0.25) is 0 Å². The minimum absolute atomic E-state index is 0.547. The second-order valence-corrected chi connectivity index (χ2v) is 5.51. The number of hydrogen-bond donors (Lipinski definition) is 1. The zero-order chi connectivity index (χ0) is 13.2. The van der Waals surface area contributed by atoms with E-state index in [0.717, 1.165) is 31.7 Å². The third-order valence-corrected chi connectivity index (χ3v) is 3.83. The Morgan fingerprint density at radius 3 is 2.74 bits per heavy atom. The Morgan fingerprint density at radius 1 is 1.21 bits per heavy atom. The average Bonchev–Trinajstić information content (AvgIpc) is 2.47. The predicted octanol–water partition coefficient (Wildman–Crippen LogP) is 2.77. The van der Waals surface area contributed by atoms with E-state index in [4.69, 9.17) is 0 Å². The molecule has 1 N–H and O–H groups in total. The van der Waals surface area contributed by atoms with Crippen molar-refractivity contribution in [2.24, 2.45) is 0 Å². The summed E-state index contributed by atoms with van der Waals surface area (Å²) in [6.45, 7) is 8.74. The Bertz CT molecular complexity index is 571. The monoisotopic (exact) mass is 255 g/mol. The zero-order valence-corrected chi connectivity index (χ0v) is 11.7. The summed E-state index contributed by atoms with van der Waals surface area (Å²) in [5.41, 5.74) is 3.83. The number of nitrogens with one attached hydrogen (secondary N) is 1. The number of pyridine rings is 1. The van der Waals surface area contributed by atoms with Gasteiger partial charge in [0.25, 0.3) is 0 Å².